The first kappa shape index (κ1) is 19.7. The molecule has 2 aliphatic heterocycles. The number of ether oxygens (including phenoxy) is 1. The number of nitriles is 1. The summed E-state index contributed by atoms with van der Waals surface area (Å²) in [5, 5.41) is 9.30. The highest BCUT2D eigenvalue weighted by atomic mass is 16.5. The molecule has 2 aromatic rings. The molecule has 1 saturated heterocycles. The zero-order valence-corrected chi connectivity index (χ0v) is 18.6. The highest BCUT2D eigenvalue weighted by Crippen LogP contribution is 2.50. The molecule has 6 rings (SSSR count). The molecule has 1 fully saturated rings. The van der Waals surface area contributed by atoms with Crippen LogP contribution in [0.5, 0.6) is 0 Å². The molecule has 0 saturated carbocycles. The van der Waals surface area contributed by atoms with Crippen molar-refractivity contribution in [1.82, 2.24) is 4.90 Å². The minimum atomic E-state index is -0.217. The smallest absolute Gasteiger partial charge is 0.193 e. The van der Waals surface area contributed by atoms with Crippen molar-refractivity contribution in [2.45, 2.75) is 38.1 Å². The lowest BCUT2D eigenvalue weighted by Gasteiger charge is -2.39. The van der Waals surface area contributed by atoms with Crippen LogP contribution in [0.4, 0.5) is 0 Å². The van der Waals surface area contributed by atoms with E-state index in [1.165, 1.54) is 16.7 Å². The maximum Gasteiger partial charge on any atom is 0.193 e. The minimum absolute atomic E-state index is 0.129. The molecule has 0 N–H and O–H groups in total. The topological polar surface area (TPSA) is 53.3 Å². The summed E-state index contributed by atoms with van der Waals surface area (Å²) in [6.45, 7) is 8.14. The molecule has 4 heteroatoms. The van der Waals surface area contributed by atoms with Gasteiger partial charge in [-0.3, -0.25) is 9.69 Å². The van der Waals surface area contributed by atoms with Gasteiger partial charge in [0, 0.05) is 29.6 Å². The molecule has 0 unspecified atom stereocenters. The van der Waals surface area contributed by atoms with E-state index in [1.807, 2.05) is 18.2 Å². The predicted octanol–water partition coefficient (Wildman–Crippen LogP) is 4.53. The number of Topliss-reactive ketones (excluding diaryl/α,β-unsaturated/α-hetero) is 1. The second kappa shape index (κ2) is 7.00. The summed E-state index contributed by atoms with van der Waals surface area (Å²) in [5.41, 5.74) is 9.02. The van der Waals surface area contributed by atoms with Gasteiger partial charge in [-0.1, -0.05) is 38.1 Å². The number of rotatable bonds is 2. The van der Waals surface area contributed by atoms with E-state index in [4.69, 9.17) is 4.74 Å². The molecule has 32 heavy (non-hydrogen) atoms. The number of hydrogen-bond donors (Lipinski definition) is 0. The summed E-state index contributed by atoms with van der Waals surface area (Å²) in [6.07, 6.45) is 4.06. The predicted molar refractivity (Wildman–Crippen MR) is 124 cm³/mol. The molecule has 0 atom stereocenters. The fraction of sp³-hybridized carbons (Fsp3) is 0.357. The Balaban J connectivity index is 1.37. The maximum atomic E-state index is 13.8. The first-order chi connectivity index (χ1) is 15.5. The number of ketones is 1. The van der Waals surface area contributed by atoms with Crippen molar-refractivity contribution < 1.29 is 9.53 Å². The van der Waals surface area contributed by atoms with Crippen molar-refractivity contribution in [1.29, 1.82) is 5.26 Å². The molecule has 0 aromatic heterocycles. The van der Waals surface area contributed by atoms with E-state index in [2.05, 4.69) is 49.1 Å². The number of fused-ring (bicyclic) bond motifs is 3. The van der Waals surface area contributed by atoms with Crippen LogP contribution in [0.25, 0.3) is 11.1 Å². The lowest BCUT2D eigenvalue weighted by Crippen LogP contribution is -2.50. The summed E-state index contributed by atoms with van der Waals surface area (Å²) in [5.74, 6) is 0.129. The van der Waals surface area contributed by atoms with Gasteiger partial charge in [-0.15, -0.1) is 0 Å². The van der Waals surface area contributed by atoms with Gasteiger partial charge in [-0.25, -0.2) is 0 Å². The van der Waals surface area contributed by atoms with Crippen molar-refractivity contribution in [3.63, 3.8) is 0 Å². The van der Waals surface area contributed by atoms with Gasteiger partial charge in [0.1, 0.15) is 0 Å². The molecule has 160 valence electrons. The van der Waals surface area contributed by atoms with Crippen molar-refractivity contribution in [3.05, 3.63) is 81.4 Å². The lowest BCUT2D eigenvalue weighted by molar-refractivity contribution is -0.0612. The maximum absolute atomic E-state index is 13.8. The Morgan fingerprint density at radius 2 is 1.97 bits per heavy atom. The van der Waals surface area contributed by atoms with E-state index in [9.17, 15) is 10.1 Å². The molecule has 0 spiro atoms. The summed E-state index contributed by atoms with van der Waals surface area (Å²) in [7, 11) is 0. The van der Waals surface area contributed by atoms with Crippen molar-refractivity contribution in [2.75, 3.05) is 26.3 Å². The molecule has 0 radical (unpaired) electrons. The molecule has 4 aliphatic rings. The molecule has 2 heterocycles. The van der Waals surface area contributed by atoms with Gasteiger partial charge in [0.25, 0.3) is 0 Å². The first-order valence-corrected chi connectivity index (χ1v) is 11.4. The summed E-state index contributed by atoms with van der Waals surface area (Å²) in [4.78, 5) is 16.2. The van der Waals surface area contributed by atoms with Crippen LogP contribution in [-0.4, -0.2) is 43.0 Å². The fourth-order valence-corrected chi connectivity index (χ4v) is 5.77. The average Bonchev–Trinajstić information content (AvgIpc) is 3.17. The third-order valence-corrected chi connectivity index (χ3v) is 7.84. The quantitative estimate of drug-likeness (QED) is 0.714. The van der Waals surface area contributed by atoms with Crippen LogP contribution in [0.15, 0.2) is 48.0 Å². The Morgan fingerprint density at radius 3 is 2.66 bits per heavy atom. The molecule has 2 aromatic carbocycles. The minimum Gasteiger partial charge on any atom is -0.378 e. The molecular formula is C28H26N2O2. The van der Waals surface area contributed by atoms with E-state index in [0.717, 1.165) is 67.0 Å². The van der Waals surface area contributed by atoms with Gasteiger partial charge in [0.15, 0.2) is 5.78 Å². The normalized spacial score (nSPS) is 21.9. The number of carbonyl (C=O) groups excluding carboxylic acids is 1. The monoisotopic (exact) mass is 422 g/mol. The summed E-state index contributed by atoms with van der Waals surface area (Å²) >= 11 is 0. The van der Waals surface area contributed by atoms with Gasteiger partial charge >= 0.3 is 0 Å². The van der Waals surface area contributed by atoms with E-state index < -0.39 is 0 Å². The summed E-state index contributed by atoms with van der Waals surface area (Å²) < 4.78 is 5.35. The van der Waals surface area contributed by atoms with Crippen LogP contribution in [-0.2, 0) is 16.6 Å². The number of benzene rings is 2. The Morgan fingerprint density at radius 1 is 1.12 bits per heavy atom. The Hall–Kier alpha value is -3.00. The second-order valence-electron chi connectivity index (χ2n) is 9.89. The third-order valence-electron chi connectivity index (χ3n) is 7.84. The molecule has 4 nitrogen and oxygen atoms in total. The standard InChI is InChI=1S/C28H26N2O2/c1-28(2)24-6-4-19(18-7-9-30(10-8-18)21-15-32-16-21)12-23(24)27(31)26-22-5-3-17(14-29)11-20(22)13-25(26)28/h3-7,11-12,21H,8-10,13,15-16H2,1-2H3. The average molecular weight is 423 g/mol. The first-order valence-electron chi connectivity index (χ1n) is 11.4. The second-order valence-corrected chi connectivity index (χ2v) is 9.89. The van der Waals surface area contributed by atoms with Gasteiger partial charge in [0.2, 0.25) is 0 Å². The molecular weight excluding hydrogens is 396 g/mol. The van der Waals surface area contributed by atoms with Gasteiger partial charge in [-0.2, -0.15) is 5.26 Å². The SMILES string of the molecule is CC1(C)C2=C(C(=O)c3cc(C4=CCN(C5COC5)CC4)ccc31)c1ccc(C#N)cc1C2. The number of carbonyl (C=O) groups is 1. The van der Waals surface area contributed by atoms with E-state index >= 15 is 0 Å². The van der Waals surface area contributed by atoms with Crippen LogP contribution in [0.1, 0.15) is 58.4 Å². The zero-order valence-electron chi connectivity index (χ0n) is 18.6. The van der Waals surface area contributed by atoms with E-state index in [0.29, 0.717) is 11.6 Å². The Labute approximate surface area is 188 Å². The number of nitrogens with zero attached hydrogens (tertiary/aromatic N) is 2. The van der Waals surface area contributed by atoms with Crippen molar-refractivity contribution in [3.8, 4) is 6.07 Å². The Kier molecular flexibility index (Phi) is 4.30. The lowest BCUT2D eigenvalue weighted by atomic mass is 9.68. The number of allylic oxidation sites excluding steroid dienone is 2. The largest absolute Gasteiger partial charge is 0.378 e. The highest BCUT2D eigenvalue weighted by molar-refractivity contribution is 6.33. The van der Waals surface area contributed by atoms with Gasteiger partial charge < -0.3 is 4.74 Å². The van der Waals surface area contributed by atoms with E-state index in [1.54, 1.807) is 0 Å². The van der Waals surface area contributed by atoms with Crippen molar-refractivity contribution in [2.24, 2.45) is 0 Å². The fourth-order valence-electron chi connectivity index (χ4n) is 5.77. The van der Waals surface area contributed by atoms with Crippen LogP contribution in [0.3, 0.4) is 0 Å². The zero-order chi connectivity index (χ0) is 22.0. The number of hydrogen-bond acceptors (Lipinski definition) is 4. The molecule has 0 bridgehead atoms. The van der Waals surface area contributed by atoms with Crippen LogP contribution in [0.2, 0.25) is 0 Å². The van der Waals surface area contributed by atoms with Crippen molar-refractivity contribution >= 4 is 16.9 Å². The molecule has 0 amide bonds. The third kappa shape index (κ3) is 2.78. The van der Waals surface area contributed by atoms with Crippen LogP contribution >= 0.6 is 0 Å². The summed E-state index contributed by atoms with van der Waals surface area (Å²) in [6, 6.07) is 15.0. The van der Waals surface area contributed by atoms with Gasteiger partial charge in [0.05, 0.1) is 30.9 Å². The van der Waals surface area contributed by atoms with Crippen LogP contribution in [0, 0.1) is 11.3 Å². The van der Waals surface area contributed by atoms with Gasteiger partial charge in [-0.05, 0) is 64.4 Å². The van der Waals surface area contributed by atoms with Crippen LogP contribution < -0.4 is 0 Å². The van der Waals surface area contributed by atoms with E-state index in [-0.39, 0.29) is 11.2 Å². The highest BCUT2D eigenvalue weighted by Gasteiger charge is 2.43. The molecule has 2 aliphatic carbocycles. The Bertz CT molecular complexity index is 1270.